The summed E-state index contributed by atoms with van der Waals surface area (Å²) in [5.41, 5.74) is 0.815. The molecule has 0 aromatic heterocycles. The van der Waals surface area contributed by atoms with Gasteiger partial charge in [0.25, 0.3) is 0 Å². The Hall–Kier alpha value is -0.580. The van der Waals surface area contributed by atoms with Crippen molar-refractivity contribution in [1.82, 2.24) is 10.2 Å². The molecule has 0 saturated carbocycles. The van der Waals surface area contributed by atoms with Crippen molar-refractivity contribution >= 4 is 0 Å². The minimum atomic E-state index is -0.496. The molecule has 18 heavy (non-hydrogen) atoms. The molecular weight excluding hydrogens is 228 g/mol. The maximum atomic E-state index is 9.78. The quantitative estimate of drug-likeness (QED) is 0.485. The lowest BCUT2D eigenvalue weighted by Crippen LogP contribution is -2.39. The average Bonchev–Trinajstić information content (AvgIpc) is 2.71. The lowest BCUT2D eigenvalue weighted by molar-refractivity contribution is 0.102. The molecule has 2 unspecified atom stereocenters. The largest absolute Gasteiger partial charge is 0.382 e. The lowest BCUT2D eigenvalue weighted by Gasteiger charge is -2.21. The first kappa shape index (κ1) is 15.5. The predicted molar refractivity (Wildman–Crippen MR) is 74.2 cm³/mol. The van der Waals surface area contributed by atoms with Crippen LogP contribution in [0.1, 0.15) is 33.1 Å². The van der Waals surface area contributed by atoms with Crippen LogP contribution in [0.4, 0.5) is 0 Å². The first-order chi connectivity index (χ1) is 8.61. The van der Waals surface area contributed by atoms with Crippen LogP contribution in [0.15, 0.2) is 12.3 Å². The molecule has 1 heterocycles. The Morgan fingerprint density at radius 2 is 2.39 bits per heavy atom. The lowest BCUT2D eigenvalue weighted by atomic mass is 10.0. The highest BCUT2D eigenvalue weighted by atomic mass is 16.5. The van der Waals surface area contributed by atoms with Crippen molar-refractivity contribution in [2.45, 2.75) is 39.3 Å². The summed E-state index contributed by atoms with van der Waals surface area (Å²) < 4.78 is 5.36. The number of allylic oxidation sites excluding steroid dienone is 1. The highest BCUT2D eigenvalue weighted by Crippen LogP contribution is 2.20. The van der Waals surface area contributed by atoms with E-state index in [0.29, 0.717) is 6.54 Å². The van der Waals surface area contributed by atoms with Gasteiger partial charge in [0.2, 0.25) is 0 Å². The molecule has 4 nitrogen and oxygen atoms in total. The van der Waals surface area contributed by atoms with Gasteiger partial charge in [-0.05, 0) is 45.6 Å². The average molecular weight is 256 g/mol. The minimum absolute atomic E-state index is 0.496. The molecule has 0 radical (unpaired) electrons. The molecular formula is C14H28N2O2. The van der Waals surface area contributed by atoms with Crippen LogP contribution in [-0.4, -0.2) is 49.1 Å². The van der Waals surface area contributed by atoms with Crippen molar-refractivity contribution in [2.75, 3.05) is 32.8 Å². The van der Waals surface area contributed by atoms with E-state index in [0.717, 1.165) is 44.3 Å². The number of nitrogens with one attached hydrogen (secondary N) is 1. The zero-order valence-corrected chi connectivity index (χ0v) is 11.8. The van der Waals surface area contributed by atoms with E-state index in [1.54, 1.807) is 0 Å². The number of likely N-dealkylation sites (tertiary alicyclic amines) is 1. The second-order valence-electron chi connectivity index (χ2n) is 5.19. The molecule has 0 aromatic rings. The molecule has 0 amide bonds. The fourth-order valence-electron chi connectivity index (χ4n) is 2.51. The summed E-state index contributed by atoms with van der Waals surface area (Å²) >= 11 is 0. The van der Waals surface area contributed by atoms with Gasteiger partial charge in [-0.2, -0.15) is 0 Å². The van der Waals surface area contributed by atoms with Crippen LogP contribution >= 0.6 is 0 Å². The van der Waals surface area contributed by atoms with Crippen LogP contribution in [0, 0.1) is 5.92 Å². The van der Waals surface area contributed by atoms with E-state index < -0.39 is 6.23 Å². The molecule has 106 valence electrons. The van der Waals surface area contributed by atoms with Gasteiger partial charge >= 0.3 is 0 Å². The summed E-state index contributed by atoms with van der Waals surface area (Å²) in [6.45, 7) is 12.2. The van der Waals surface area contributed by atoms with Crippen LogP contribution in [0.5, 0.6) is 0 Å². The molecule has 0 aliphatic carbocycles. The van der Waals surface area contributed by atoms with Crippen LogP contribution < -0.4 is 5.32 Å². The van der Waals surface area contributed by atoms with E-state index in [9.17, 15) is 5.11 Å². The standard InChI is InChI=1S/C14H28N2O2/c1-4-18-9-5-6-13-7-8-16(10-13)11-14(17)15-12(2)3/h13-15,17H,2,4-11H2,1,3H3. The smallest absolute Gasteiger partial charge is 0.137 e. The molecule has 2 N–H and O–H groups in total. The molecule has 0 aromatic carbocycles. The predicted octanol–water partition coefficient (Wildman–Crippen LogP) is 1.57. The van der Waals surface area contributed by atoms with Gasteiger partial charge in [-0.15, -0.1) is 0 Å². The highest BCUT2D eigenvalue weighted by Gasteiger charge is 2.23. The topological polar surface area (TPSA) is 44.7 Å². The van der Waals surface area contributed by atoms with Crippen molar-refractivity contribution in [3.05, 3.63) is 12.3 Å². The highest BCUT2D eigenvalue weighted by molar-refractivity contribution is 4.87. The van der Waals surface area contributed by atoms with Crippen LogP contribution in [-0.2, 0) is 4.74 Å². The van der Waals surface area contributed by atoms with Gasteiger partial charge in [-0.25, -0.2) is 0 Å². The molecule has 1 fully saturated rings. The third-order valence-corrected chi connectivity index (χ3v) is 3.32. The maximum absolute atomic E-state index is 9.78. The van der Waals surface area contributed by atoms with E-state index in [4.69, 9.17) is 4.74 Å². The Morgan fingerprint density at radius 1 is 1.61 bits per heavy atom. The first-order valence-corrected chi connectivity index (χ1v) is 7.02. The Labute approximate surface area is 111 Å². The number of β-amino-alcohol motifs (C(OH)–C–C–N with tert-alkyl or cyclic N) is 1. The van der Waals surface area contributed by atoms with Crippen LogP contribution in [0.3, 0.4) is 0 Å². The number of ether oxygens (including phenoxy) is 1. The molecule has 0 spiro atoms. The van der Waals surface area contributed by atoms with Gasteiger partial charge in [-0.3, -0.25) is 4.90 Å². The zero-order chi connectivity index (χ0) is 13.4. The number of rotatable bonds is 9. The van der Waals surface area contributed by atoms with Gasteiger partial charge in [-0.1, -0.05) is 6.58 Å². The first-order valence-electron chi connectivity index (χ1n) is 7.02. The summed E-state index contributed by atoms with van der Waals surface area (Å²) in [5, 5.41) is 12.7. The summed E-state index contributed by atoms with van der Waals surface area (Å²) in [6.07, 6.45) is 3.13. The van der Waals surface area contributed by atoms with Gasteiger partial charge in [0, 0.05) is 32.0 Å². The Morgan fingerprint density at radius 3 is 3.06 bits per heavy atom. The van der Waals surface area contributed by atoms with E-state index >= 15 is 0 Å². The SMILES string of the molecule is C=C(C)NC(O)CN1CCC(CCCOCC)C1. The van der Waals surface area contributed by atoms with E-state index in [-0.39, 0.29) is 0 Å². The summed E-state index contributed by atoms with van der Waals surface area (Å²) in [6, 6.07) is 0. The Bertz CT molecular complexity index is 246. The summed E-state index contributed by atoms with van der Waals surface area (Å²) in [7, 11) is 0. The fourth-order valence-corrected chi connectivity index (χ4v) is 2.51. The zero-order valence-electron chi connectivity index (χ0n) is 11.8. The minimum Gasteiger partial charge on any atom is -0.382 e. The maximum Gasteiger partial charge on any atom is 0.137 e. The van der Waals surface area contributed by atoms with Gasteiger partial charge in [0.15, 0.2) is 0 Å². The molecule has 0 bridgehead atoms. The van der Waals surface area contributed by atoms with Crippen molar-refractivity contribution in [3.8, 4) is 0 Å². The van der Waals surface area contributed by atoms with E-state index in [1.807, 2.05) is 13.8 Å². The number of nitrogens with zero attached hydrogens (tertiary/aromatic N) is 1. The summed E-state index contributed by atoms with van der Waals surface area (Å²) in [5.74, 6) is 0.766. The molecule has 1 rings (SSSR count). The Balaban J connectivity index is 2.10. The second-order valence-corrected chi connectivity index (χ2v) is 5.19. The van der Waals surface area contributed by atoms with E-state index in [1.165, 1.54) is 12.8 Å². The van der Waals surface area contributed by atoms with Crippen LogP contribution in [0.2, 0.25) is 0 Å². The monoisotopic (exact) mass is 256 g/mol. The van der Waals surface area contributed by atoms with Gasteiger partial charge in [0.05, 0.1) is 0 Å². The summed E-state index contributed by atoms with van der Waals surface area (Å²) in [4.78, 5) is 2.33. The van der Waals surface area contributed by atoms with E-state index in [2.05, 4.69) is 16.8 Å². The number of hydrogen-bond donors (Lipinski definition) is 2. The van der Waals surface area contributed by atoms with Crippen molar-refractivity contribution < 1.29 is 9.84 Å². The molecule has 1 aliphatic rings. The van der Waals surface area contributed by atoms with Gasteiger partial charge < -0.3 is 15.2 Å². The second kappa shape index (κ2) is 8.51. The molecule has 1 saturated heterocycles. The van der Waals surface area contributed by atoms with Crippen LogP contribution in [0.25, 0.3) is 0 Å². The van der Waals surface area contributed by atoms with Crippen molar-refractivity contribution in [1.29, 1.82) is 0 Å². The fraction of sp³-hybridized carbons (Fsp3) is 0.857. The normalized spacial score (nSPS) is 22.1. The Kier molecular flexibility index (Phi) is 7.32. The van der Waals surface area contributed by atoms with Crippen molar-refractivity contribution in [3.63, 3.8) is 0 Å². The number of hydrogen-bond acceptors (Lipinski definition) is 4. The molecule has 2 atom stereocenters. The number of aliphatic hydroxyl groups is 1. The van der Waals surface area contributed by atoms with Gasteiger partial charge in [0.1, 0.15) is 6.23 Å². The van der Waals surface area contributed by atoms with Crippen molar-refractivity contribution in [2.24, 2.45) is 5.92 Å². The molecule has 4 heteroatoms. The molecule has 1 aliphatic heterocycles. The number of aliphatic hydroxyl groups excluding tert-OH is 1. The third kappa shape index (κ3) is 6.38. The third-order valence-electron chi connectivity index (χ3n) is 3.32.